The monoisotopic (exact) mass is 410 g/mol. The second-order valence-corrected chi connectivity index (χ2v) is 9.02. The third kappa shape index (κ3) is 3.42. The summed E-state index contributed by atoms with van der Waals surface area (Å²) in [6.45, 7) is 1.68. The molecule has 1 saturated carbocycles. The molecule has 0 radical (unpaired) electrons. The molecule has 2 aromatic rings. The molecular formula is C22H30N6O2. The Morgan fingerprint density at radius 3 is 2.60 bits per heavy atom. The van der Waals surface area contributed by atoms with Crippen LogP contribution in [0.2, 0.25) is 0 Å². The number of aromatic nitrogens is 4. The molecule has 0 spiro atoms. The summed E-state index contributed by atoms with van der Waals surface area (Å²) in [6, 6.07) is 0. The van der Waals surface area contributed by atoms with Crippen LogP contribution in [0, 0.1) is 5.92 Å². The van der Waals surface area contributed by atoms with E-state index in [4.69, 9.17) is 0 Å². The highest BCUT2D eigenvalue weighted by Gasteiger charge is 2.34. The van der Waals surface area contributed by atoms with E-state index >= 15 is 0 Å². The average Bonchev–Trinajstić information content (AvgIpc) is 3.21. The molecule has 8 heteroatoms. The van der Waals surface area contributed by atoms with Crippen LogP contribution in [0.25, 0.3) is 0 Å². The van der Waals surface area contributed by atoms with Gasteiger partial charge in [0, 0.05) is 30.8 Å². The Balaban J connectivity index is 1.28. The molecule has 8 nitrogen and oxygen atoms in total. The van der Waals surface area contributed by atoms with E-state index < -0.39 is 0 Å². The molecule has 2 amide bonds. The van der Waals surface area contributed by atoms with Gasteiger partial charge in [0.2, 0.25) is 5.91 Å². The zero-order chi connectivity index (χ0) is 20.7. The highest BCUT2D eigenvalue weighted by Crippen LogP contribution is 2.31. The molecule has 2 N–H and O–H groups in total. The Kier molecular flexibility index (Phi) is 5.08. The van der Waals surface area contributed by atoms with E-state index in [1.165, 1.54) is 30.5 Å². The van der Waals surface area contributed by atoms with Crippen molar-refractivity contribution in [3.8, 4) is 0 Å². The lowest BCUT2D eigenvalue weighted by atomic mass is 9.84. The van der Waals surface area contributed by atoms with Crippen LogP contribution in [0.1, 0.15) is 77.2 Å². The maximum Gasteiger partial charge on any atom is 0.274 e. The molecule has 1 aliphatic heterocycles. The van der Waals surface area contributed by atoms with E-state index in [0.717, 1.165) is 49.1 Å². The first kappa shape index (κ1) is 19.3. The van der Waals surface area contributed by atoms with E-state index in [9.17, 15) is 9.59 Å². The molecule has 3 heterocycles. The van der Waals surface area contributed by atoms with Crippen molar-refractivity contribution in [2.75, 3.05) is 13.6 Å². The summed E-state index contributed by atoms with van der Waals surface area (Å²) in [4.78, 5) is 29.3. The number of rotatable bonds is 4. The molecular weight excluding hydrogens is 380 g/mol. The van der Waals surface area contributed by atoms with Crippen LogP contribution < -0.4 is 0 Å². The van der Waals surface area contributed by atoms with Crippen molar-refractivity contribution in [3.05, 3.63) is 33.9 Å². The average molecular weight is 411 g/mol. The number of amides is 2. The van der Waals surface area contributed by atoms with E-state index in [-0.39, 0.29) is 17.7 Å². The molecule has 0 unspecified atom stereocenters. The maximum absolute atomic E-state index is 13.1. The predicted molar refractivity (Wildman–Crippen MR) is 111 cm³/mol. The molecule has 3 aliphatic rings. The SMILES string of the molecule is CN(Cc1n[nH]c2c1CCCCC2)C(=O)c1n[nH]c2c1CCN(C(=O)C1CCC1)C2. The van der Waals surface area contributed by atoms with E-state index in [1.807, 2.05) is 11.9 Å². The van der Waals surface area contributed by atoms with Gasteiger partial charge in [0.15, 0.2) is 5.69 Å². The second-order valence-electron chi connectivity index (χ2n) is 9.02. The van der Waals surface area contributed by atoms with Crippen LogP contribution in [-0.4, -0.2) is 55.6 Å². The largest absolute Gasteiger partial charge is 0.336 e. The summed E-state index contributed by atoms with van der Waals surface area (Å²) in [5.74, 6) is 0.369. The van der Waals surface area contributed by atoms with Crippen LogP contribution >= 0.6 is 0 Å². The normalized spacial score (nSPS) is 18.9. The van der Waals surface area contributed by atoms with Crippen LogP contribution in [0.15, 0.2) is 0 Å². The summed E-state index contributed by atoms with van der Waals surface area (Å²) in [5, 5.41) is 15.0. The first-order valence-electron chi connectivity index (χ1n) is 11.3. The van der Waals surface area contributed by atoms with Gasteiger partial charge in [0.1, 0.15) is 0 Å². The van der Waals surface area contributed by atoms with Crippen LogP contribution in [-0.2, 0) is 37.1 Å². The van der Waals surface area contributed by atoms with Crippen molar-refractivity contribution >= 4 is 11.8 Å². The number of aryl methyl sites for hydroxylation is 1. The Morgan fingerprint density at radius 2 is 1.80 bits per heavy atom. The van der Waals surface area contributed by atoms with Gasteiger partial charge in [-0.05, 0) is 50.5 Å². The third-order valence-electron chi connectivity index (χ3n) is 7.03. The molecule has 0 atom stereocenters. The summed E-state index contributed by atoms with van der Waals surface area (Å²) in [6.07, 6.45) is 9.56. The standard InChI is InChI=1S/C22H30N6O2/c1-27(12-18-15-8-3-2-4-9-17(15)23-24-18)22(30)20-16-10-11-28(13-19(16)25-26-20)21(29)14-6-5-7-14/h14H,2-13H2,1H3,(H,23,24)(H,25,26). The number of H-pyrrole nitrogens is 2. The summed E-state index contributed by atoms with van der Waals surface area (Å²) in [5.41, 5.74) is 5.86. The smallest absolute Gasteiger partial charge is 0.274 e. The maximum atomic E-state index is 13.1. The van der Waals surface area contributed by atoms with E-state index in [0.29, 0.717) is 31.7 Å². The molecule has 2 aromatic heterocycles. The van der Waals surface area contributed by atoms with Gasteiger partial charge in [0.25, 0.3) is 5.91 Å². The fourth-order valence-electron chi connectivity index (χ4n) is 4.93. The van der Waals surface area contributed by atoms with Crippen molar-refractivity contribution in [2.24, 2.45) is 5.92 Å². The lowest BCUT2D eigenvalue weighted by molar-refractivity contribution is -0.139. The highest BCUT2D eigenvalue weighted by atomic mass is 16.2. The Labute approximate surface area is 176 Å². The molecule has 0 bridgehead atoms. The minimum Gasteiger partial charge on any atom is -0.336 e. The van der Waals surface area contributed by atoms with E-state index in [1.54, 1.807) is 4.90 Å². The Hall–Kier alpha value is -2.64. The number of carbonyl (C=O) groups excluding carboxylic acids is 2. The number of carbonyl (C=O) groups is 2. The van der Waals surface area contributed by atoms with Gasteiger partial charge in [-0.2, -0.15) is 10.2 Å². The molecule has 1 fully saturated rings. The van der Waals surface area contributed by atoms with Gasteiger partial charge < -0.3 is 9.80 Å². The minimum absolute atomic E-state index is 0.0864. The van der Waals surface area contributed by atoms with Crippen LogP contribution in [0.5, 0.6) is 0 Å². The number of nitrogens with one attached hydrogen (secondary N) is 2. The van der Waals surface area contributed by atoms with Gasteiger partial charge in [-0.3, -0.25) is 19.8 Å². The zero-order valence-electron chi connectivity index (χ0n) is 17.7. The number of nitrogens with zero attached hydrogens (tertiary/aromatic N) is 4. The van der Waals surface area contributed by atoms with Gasteiger partial charge in [-0.25, -0.2) is 0 Å². The van der Waals surface area contributed by atoms with Crippen molar-refractivity contribution in [3.63, 3.8) is 0 Å². The van der Waals surface area contributed by atoms with Gasteiger partial charge in [-0.15, -0.1) is 0 Å². The number of hydrogen-bond donors (Lipinski definition) is 2. The Morgan fingerprint density at radius 1 is 1.00 bits per heavy atom. The fourth-order valence-corrected chi connectivity index (χ4v) is 4.93. The molecule has 0 saturated heterocycles. The highest BCUT2D eigenvalue weighted by molar-refractivity contribution is 5.94. The quantitative estimate of drug-likeness (QED) is 0.756. The van der Waals surface area contributed by atoms with Crippen molar-refractivity contribution in [1.29, 1.82) is 0 Å². The summed E-state index contributed by atoms with van der Waals surface area (Å²) in [7, 11) is 1.82. The van der Waals surface area contributed by atoms with Gasteiger partial charge in [-0.1, -0.05) is 12.8 Å². The molecule has 30 heavy (non-hydrogen) atoms. The van der Waals surface area contributed by atoms with Gasteiger partial charge >= 0.3 is 0 Å². The zero-order valence-corrected chi connectivity index (χ0v) is 17.7. The topological polar surface area (TPSA) is 98.0 Å². The first-order valence-corrected chi connectivity index (χ1v) is 11.3. The second kappa shape index (κ2) is 7.89. The van der Waals surface area contributed by atoms with Crippen molar-refractivity contribution in [1.82, 2.24) is 30.2 Å². The molecule has 0 aromatic carbocycles. The summed E-state index contributed by atoms with van der Waals surface area (Å²) < 4.78 is 0. The molecule has 2 aliphatic carbocycles. The predicted octanol–water partition coefficient (Wildman–Crippen LogP) is 2.36. The lowest BCUT2D eigenvalue weighted by Crippen LogP contribution is -2.42. The number of aromatic amines is 2. The third-order valence-corrected chi connectivity index (χ3v) is 7.03. The summed E-state index contributed by atoms with van der Waals surface area (Å²) >= 11 is 0. The Bertz CT molecular complexity index is 957. The van der Waals surface area contributed by atoms with Gasteiger partial charge in [0.05, 0.1) is 24.5 Å². The molecule has 160 valence electrons. The minimum atomic E-state index is -0.0864. The van der Waals surface area contributed by atoms with Crippen LogP contribution in [0.3, 0.4) is 0 Å². The van der Waals surface area contributed by atoms with Crippen LogP contribution in [0.4, 0.5) is 0 Å². The lowest BCUT2D eigenvalue weighted by Gasteiger charge is -2.33. The number of hydrogen-bond acceptors (Lipinski definition) is 4. The number of fused-ring (bicyclic) bond motifs is 2. The van der Waals surface area contributed by atoms with Crippen molar-refractivity contribution in [2.45, 2.75) is 70.9 Å². The van der Waals surface area contributed by atoms with Crippen molar-refractivity contribution < 1.29 is 9.59 Å². The molecule has 5 rings (SSSR count). The van der Waals surface area contributed by atoms with E-state index in [2.05, 4.69) is 20.4 Å². The fraction of sp³-hybridized carbons (Fsp3) is 0.636. The first-order chi connectivity index (χ1) is 14.6.